The van der Waals surface area contributed by atoms with Crippen molar-refractivity contribution in [1.82, 2.24) is 15.0 Å². The summed E-state index contributed by atoms with van der Waals surface area (Å²) in [4.78, 5) is 20.5. The molecular weight excluding hydrogens is 324 g/mol. The summed E-state index contributed by atoms with van der Waals surface area (Å²) in [6, 6.07) is 2.10. The average Bonchev–Trinajstić information content (AvgIpc) is 3.17. The molecule has 0 fully saturated rings. The predicted octanol–water partition coefficient (Wildman–Crippen LogP) is 3.34. The van der Waals surface area contributed by atoms with Gasteiger partial charge in [-0.3, -0.25) is 9.69 Å². The molecule has 1 amide bonds. The van der Waals surface area contributed by atoms with Crippen LogP contribution in [0.25, 0.3) is 0 Å². The Kier molecular flexibility index (Phi) is 5.30. The number of thiazole rings is 1. The molecule has 24 heavy (non-hydrogen) atoms. The first-order valence-electron chi connectivity index (χ1n) is 8.48. The van der Waals surface area contributed by atoms with Crippen LogP contribution in [0.15, 0.2) is 10.6 Å². The summed E-state index contributed by atoms with van der Waals surface area (Å²) in [6.45, 7) is 4.67. The van der Waals surface area contributed by atoms with E-state index in [1.54, 1.807) is 13.0 Å². The highest BCUT2D eigenvalue weighted by Crippen LogP contribution is 2.37. The number of fused-ring (bicyclic) bond motifs is 1. The largest absolute Gasteiger partial charge is 0.360 e. The molecule has 0 saturated carbocycles. The van der Waals surface area contributed by atoms with Gasteiger partial charge in [0.2, 0.25) is 5.91 Å². The fourth-order valence-electron chi connectivity index (χ4n) is 3.08. The van der Waals surface area contributed by atoms with E-state index < -0.39 is 0 Å². The van der Waals surface area contributed by atoms with Crippen LogP contribution in [0.4, 0.5) is 5.82 Å². The van der Waals surface area contributed by atoms with Crippen LogP contribution >= 0.6 is 11.3 Å². The SMILES string of the molecule is CCc1nc2c(s1)[C@@H](N(C)CCC(=O)Nc1cc(C)on1)CCC2. The van der Waals surface area contributed by atoms with Gasteiger partial charge in [0, 0.05) is 30.0 Å². The standard InChI is InChI=1S/C17H24N4O2S/c1-4-16-18-12-6-5-7-13(17(12)24-16)21(3)9-8-15(22)19-14-10-11(2)23-20-14/h10,13H,4-9H2,1-3H3,(H,19,20,22)/t13-/m0/s1. The molecule has 0 spiro atoms. The molecule has 0 bridgehead atoms. The number of nitrogens with one attached hydrogen (secondary N) is 1. The third kappa shape index (κ3) is 3.84. The minimum atomic E-state index is -0.0373. The lowest BCUT2D eigenvalue weighted by Gasteiger charge is -2.30. The van der Waals surface area contributed by atoms with Crippen LogP contribution in [0.2, 0.25) is 0 Å². The fourth-order valence-corrected chi connectivity index (χ4v) is 4.34. The van der Waals surface area contributed by atoms with Gasteiger partial charge in [-0.15, -0.1) is 11.3 Å². The Labute approximate surface area is 146 Å². The molecule has 130 valence electrons. The third-order valence-corrected chi connectivity index (χ3v) is 5.73. The highest BCUT2D eigenvalue weighted by molar-refractivity contribution is 7.11. The van der Waals surface area contributed by atoms with Gasteiger partial charge in [0.1, 0.15) is 5.76 Å². The minimum absolute atomic E-state index is 0.0373. The summed E-state index contributed by atoms with van der Waals surface area (Å²) in [6.07, 6.45) is 4.82. The van der Waals surface area contributed by atoms with Crippen molar-refractivity contribution in [2.45, 2.75) is 52.0 Å². The number of hydrogen-bond donors (Lipinski definition) is 1. The zero-order valence-corrected chi connectivity index (χ0v) is 15.3. The van der Waals surface area contributed by atoms with Gasteiger partial charge in [-0.2, -0.15) is 0 Å². The molecule has 1 N–H and O–H groups in total. The summed E-state index contributed by atoms with van der Waals surface area (Å²) < 4.78 is 4.96. The summed E-state index contributed by atoms with van der Waals surface area (Å²) in [5.74, 6) is 1.13. The topological polar surface area (TPSA) is 71.3 Å². The molecule has 0 aliphatic heterocycles. The number of anilines is 1. The number of aromatic nitrogens is 2. The van der Waals surface area contributed by atoms with Crippen molar-refractivity contribution in [2.24, 2.45) is 0 Å². The Morgan fingerprint density at radius 1 is 1.54 bits per heavy atom. The zero-order valence-electron chi connectivity index (χ0n) is 14.5. The average molecular weight is 348 g/mol. The number of hydrogen-bond acceptors (Lipinski definition) is 6. The number of amides is 1. The minimum Gasteiger partial charge on any atom is -0.360 e. The first-order chi connectivity index (χ1) is 11.6. The van der Waals surface area contributed by atoms with Crippen molar-refractivity contribution < 1.29 is 9.32 Å². The first kappa shape index (κ1) is 17.1. The second-order valence-corrected chi connectivity index (χ2v) is 7.40. The monoisotopic (exact) mass is 348 g/mol. The van der Waals surface area contributed by atoms with E-state index in [0.717, 1.165) is 19.3 Å². The molecule has 0 aromatic carbocycles. The van der Waals surface area contributed by atoms with Crippen LogP contribution in [0, 0.1) is 6.92 Å². The van der Waals surface area contributed by atoms with Crippen LogP contribution in [-0.4, -0.2) is 34.5 Å². The molecule has 1 aliphatic rings. The lowest BCUT2D eigenvalue weighted by atomic mass is 9.97. The van der Waals surface area contributed by atoms with Gasteiger partial charge >= 0.3 is 0 Å². The second-order valence-electron chi connectivity index (χ2n) is 6.28. The molecule has 0 saturated heterocycles. The van der Waals surface area contributed by atoms with Crippen molar-refractivity contribution in [3.8, 4) is 0 Å². The van der Waals surface area contributed by atoms with Crippen LogP contribution in [0.3, 0.4) is 0 Å². The van der Waals surface area contributed by atoms with Gasteiger partial charge in [0.25, 0.3) is 0 Å². The number of carbonyl (C=O) groups excluding carboxylic acids is 1. The Hall–Kier alpha value is -1.73. The lowest BCUT2D eigenvalue weighted by Crippen LogP contribution is -2.30. The van der Waals surface area contributed by atoms with Gasteiger partial charge in [0.05, 0.1) is 10.7 Å². The van der Waals surface area contributed by atoms with Gasteiger partial charge in [0.15, 0.2) is 5.82 Å². The van der Waals surface area contributed by atoms with E-state index in [4.69, 9.17) is 9.51 Å². The molecule has 2 aromatic rings. The Bertz CT molecular complexity index is 709. The first-order valence-corrected chi connectivity index (χ1v) is 9.30. The van der Waals surface area contributed by atoms with Crippen molar-refractivity contribution in [3.05, 3.63) is 27.4 Å². The normalized spacial score (nSPS) is 17.1. The van der Waals surface area contributed by atoms with E-state index in [-0.39, 0.29) is 5.91 Å². The Morgan fingerprint density at radius 3 is 3.08 bits per heavy atom. The molecule has 3 rings (SSSR count). The molecule has 6 nitrogen and oxygen atoms in total. The molecule has 2 aromatic heterocycles. The Balaban J connectivity index is 1.56. The number of carbonyl (C=O) groups is 1. The Morgan fingerprint density at radius 2 is 2.38 bits per heavy atom. The maximum atomic E-state index is 12.1. The van der Waals surface area contributed by atoms with Gasteiger partial charge in [-0.25, -0.2) is 4.98 Å². The molecule has 7 heteroatoms. The highest BCUT2D eigenvalue weighted by atomic mass is 32.1. The van der Waals surface area contributed by atoms with Gasteiger partial charge < -0.3 is 9.84 Å². The van der Waals surface area contributed by atoms with E-state index in [0.29, 0.717) is 30.6 Å². The van der Waals surface area contributed by atoms with Gasteiger partial charge in [-0.05, 0) is 39.7 Å². The number of aryl methyl sites for hydroxylation is 3. The van der Waals surface area contributed by atoms with Gasteiger partial charge in [-0.1, -0.05) is 12.1 Å². The molecule has 1 atom stereocenters. The summed E-state index contributed by atoms with van der Waals surface area (Å²) in [5, 5.41) is 7.78. The van der Waals surface area contributed by atoms with Crippen molar-refractivity contribution in [1.29, 1.82) is 0 Å². The van der Waals surface area contributed by atoms with Crippen molar-refractivity contribution in [2.75, 3.05) is 18.9 Å². The quantitative estimate of drug-likeness (QED) is 0.867. The van der Waals surface area contributed by atoms with E-state index >= 15 is 0 Å². The van der Waals surface area contributed by atoms with Crippen molar-refractivity contribution >= 4 is 23.1 Å². The molecule has 1 aliphatic carbocycles. The molecule has 2 heterocycles. The molecule has 0 radical (unpaired) electrons. The number of rotatable bonds is 6. The third-order valence-electron chi connectivity index (χ3n) is 4.39. The van der Waals surface area contributed by atoms with Crippen molar-refractivity contribution in [3.63, 3.8) is 0 Å². The summed E-state index contributed by atoms with van der Waals surface area (Å²) in [5.41, 5.74) is 1.27. The molecule has 0 unspecified atom stereocenters. The summed E-state index contributed by atoms with van der Waals surface area (Å²) in [7, 11) is 2.10. The van der Waals surface area contributed by atoms with E-state index in [1.807, 2.05) is 11.3 Å². The molecular formula is C17H24N4O2S. The van der Waals surface area contributed by atoms with Crippen LogP contribution < -0.4 is 5.32 Å². The smallest absolute Gasteiger partial charge is 0.226 e. The maximum Gasteiger partial charge on any atom is 0.226 e. The summed E-state index contributed by atoms with van der Waals surface area (Å²) >= 11 is 1.84. The van der Waals surface area contributed by atoms with Crippen LogP contribution in [0.1, 0.15) is 53.6 Å². The van der Waals surface area contributed by atoms with E-state index in [2.05, 4.69) is 29.3 Å². The fraction of sp³-hybridized carbons (Fsp3) is 0.588. The van der Waals surface area contributed by atoms with Crippen LogP contribution in [0.5, 0.6) is 0 Å². The van der Waals surface area contributed by atoms with Crippen LogP contribution in [-0.2, 0) is 17.6 Å². The van der Waals surface area contributed by atoms with E-state index in [1.165, 1.54) is 22.0 Å². The number of nitrogens with zero attached hydrogens (tertiary/aromatic N) is 3. The maximum absolute atomic E-state index is 12.1. The lowest BCUT2D eigenvalue weighted by molar-refractivity contribution is -0.116. The second kappa shape index (κ2) is 7.44. The van der Waals surface area contributed by atoms with E-state index in [9.17, 15) is 4.79 Å². The zero-order chi connectivity index (χ0) is 17.1. The highest BCUT2D eigenvalue weighted by Gasteiger charge is 2.27. The predicted molar refractivity (Wildman–Crippen MR) is 94.3 cm³/mol.